The lowest BCUT2D eigenvalue weighted by Gasteiger charge is -2.16. The standard InChI is InChI=1S/C11H12Cl2N2O3S/c12-9-2-1-7(3-10(9)13)5-15-6-8(4-11(15)16)19(14,17)18/h1-3,8H,4-6H2,(H2,14,17,18). The summed E-state index contributed by atoms with van der Waals surface area (Å²) in [4.78, 5) is 13.2. The van der Waals surface area contributed by atoms with E-state index in [1.54, 1.807) is 18.2 Å². The quantitative estimate of drug-likeness (QED) is 0.912. The van der Waals surface area contributed by atoms with Crippen LogP contribution >= 0.6 is 23.2 Å². The van der Waals surface area contributed by atoms with Crippen LogP contribution < -0.4 is 5.14 Å². The molecule has 5 nitrogen and oxygen atoms in total. The summed E-state index contributed by atoms with van der Waals surface area (Å²) in [6, 6.07) is 5.03. The van der Waals surface area contributed by atoms with E-state index in [9.17, 15) is 13.2 Å². The van der Waals surface area contributed by atoms with Gasteiger partial charge in [-0.3, -0.25) is 4.79 Å². The molecule has 2 N–H and O–H groups in total. The fourth-order valence-electron chi connectivity index (χ4n) is 1.97. The van der Waals surface area contributed by atoms with E-state index < -0.39 is 15.3 Å². The molecule has 1 fully saturated rings. The summed E-state index contributed by atoms with van der Waals surface area (Å²) in [7, 11) is -3.69. The van der Waals surface area contributed by atoms with Crippen LogP contribution in [0.5, 0.6) is 0 Å². The Hall–Kier alpha value is -0.820. The zero-order valence-corrected chi connectivity index (χ0v) is 12.2. The SMILES string of the molecule is NS(=O)(=O)C1CC(=O)N(Cc2ccc(Cl)c(Cl)c2)C1. The number of sulfonamides is 1. The van der Waals surface area contributed by atoms with Gasteiger partial charge in [-0.1, -0.05) is 29.3 Å². The minimum Gasteiger partial charge on any atom is -0.337 e. The molecule has 0 saturated carbocycles. The lowest BCUT2D eigenvalue weighted by atomic mass is 10.2. The first-order valence-corrected chi connectivity index (χ1v) is 7.87. The molecule has 0 bridgehead atoms. The van der Waals surface area contributed by atoms with E-state index in [2.05, 4.69) is 0 Å². The highest BCUT2D eigenvalue weighted by Crippen LogP contribution is 2.25. The monoisotopic (exact) mass is 322 g/mol. The van der Waals surface area contributed by atoms with Crippen LogP contribution in [-0.2, 0) is 21.4 Å². The number of nitrogens with zero attached hydrogens (tertiary/aromatic N) is 1. The molecule has 0 aromatic heterocycles. The molecule has 0 spiro atoms. The number of nitrogens with two attached hydrogens (primary N) is 1. The average Bonchev–Trinajstić information content (AvgIpc) is 2.65. The summed E-state index contributed by atoms with van der Waals surface area (Å²) in [6.07, 6.45) is -0.0693. The Kier molecular flexibility index (Phi) is 4.06. The van der Waals surface area contributed by atoms with Crippen LogP contribution in [0.2, 0.25) is 10.0 Å². The number of halogens is 2. The first kappa shape index (κ1) is 14.6. The number of primary sulfonamides is 1. The maximum atomic E-state index is 11.7. The van der Waals surface area contributed by atoms with Crippen LogP contribution in [0.4, 0.5) is 0 Å². The molecule has 1 saturated heterocycles. The molecular weight excluding hydrogens is 311 g/mol. The van der Waals surface area contributed by atoms with Crippen molar-refractivity contribution in [1.29, 1.82) is 0 Å². The Bertz CT molecular complexity index is 618. The number of likely N-dealkylation sites (tertiary alicyclic amines) is 1. The minimum atomic E-state index is -3.69. The van der Waals surface area contributed by atoms with Crippen molar-refractivity contribution in [3.05, 3.63) is 33.8 Å². The molecule has 1 aliphatic rings. The number of hydrogen-bond donors (Lipinski definition) is 1. The van der Waals surface area contributed by atoms with Gasteiger partial charge in [-0.15, -0.1) is 0 Å². The van der Waals surface area contributed by atoms with Gasteiger partial charge in [0.2, 0.25) is 15.9 Å². The predicted octanol–water partition coefficient (Wildman–Crippen LogP) is 1.38. The van der Waals surface area contributed by atoms with Gasteiger partial charge in [0.15, 0.2) is 0 Å². The van der Waals surface area contributed by atoms with Crippen molar-refractivity contribution >= 4 is 39.1 Å². The maximum Gasteiger partial charge on any atom is 0.224 e. The van der Waals surface area contributed by atoms with Crippen molar-refractivity contribution in [2.45, 2.75) is 18.2 Å². The van der Waals surface area contributed by atoms with Crippen molar-refractivity contribution in [2.75, 3.05) is 6.54 Å². The number of amides is 1. The van der Waals surface area contributed by atoms with E-state index in [4.69, 9.17) is 28.3 Å². The van der Waals surface area contributed by atoms with Crippen molar-refractivity contribution in [1.82, 2.24) is 4.90 Å². The third kappa shape index (κ3) is 3.39. The second-order valence-corrected chi connectivity index (χ2v) is 7.10. The summed E-state index contributed by atoms with van der Waals surface area (Å²) >= 11 is 11.7. The normalized spacial score (nSPS) is 20.1. The van der Waals surface area contributed by atoms with Crippen molar-refractivity contribution in [3.8, 4) is 0 Å². The number of benzene rings is 1. The maximum absolute atomic E-state index is 11.7. The van der Waals surface area contributed by atoms with Crippen LogP contribution in [-0.4, -0.2) is 31.0 Å². The highest BCUT2D eigenvalue weighted by Gasteiger charge is 2.36. The number of carbonyl (C=O) groups excluding carboxylic acids is 1. The van der Waals surface area contributed by atoms with Crippen molar-refractivity contribution in [2.24, 2.45) is 5.14 Å². The molecule has 1 aromatic carbocycles. The van der Waals surface area contributed by atoms with Crippen molar-refractivity contribution in [3.63, 3.8) is 0 Å². The molecule has 0 aliphatic carbocycles. The molecule has 1 atom stereocenters. The fourth-order valence-corrected chi connectivity index (χ4v) is 3.05. The lowest BCUT2D eigenvalue weighted by Crippen LogP contribution is -2.31. The average molecular weight is 323 g/mol. The van der Waals surface area contributed by atoms with Gasteiger partial charge < -0.3 is 4.90 Å². The minimum absolute atomic E-state index is 0.0693. The lowest BCUT2D eigenvalue weighted by molar-refractivity contribution is -0.128. The van der Waals surface area contributed by atoms with E-state index in [0.717, 1.165) is 5.56 Å². The van der Waals surface area contributed by atoms with Gasteiger partial charge in [0, 0.05) is 19.5 Å². The van der Waals surface area contributed by atoms with Gasteiger partial charge in [0.25, 0.3) is 0 Å². The van der Waals surface area contributed by atoms with E-state index in [1.807, 2.05) is 0 Å². The molecule has 0 radical (unpaired) electrons. The smallest absolute Gasteiger partial charge is 0.224 e. The van der Waals surface area contributed by atoms with Crippen LogP contribution in [0.15, 0.2) is 18.2 Å². The number of rotatable bonds is 3. The summed E-state index contributed by atoms with van der Waals surface area (Å²) in [5, 5.41) is 5.05. The molecule has 1 unspecified atom stereocenters. The summed E-state index contributed by atoms with van der Waals surface area (Å²) in [6.45, 7) is 0.402. The largest absolute Gasteiger partial charge is 0.337 e. The Morgan fingerprint density at radius 2 is 2.00 bits per heavy atom. The fraction of sp³-hybridized carbons (Fsp3) is 0.364. The first-order valence-electron chi connectivity index (χ1n) is 5.50. The third-order valence-electron chi connectivity index (χ3n) is 3.00. The van der Waals surface area contributed by atoms with Crippen LogP contribution in [0.25, 0.3) is 0 Å². The van der Waals surface area contributed by atoms with E-state index in [-0.39, 0.29) is 18.9 Å². The second-order valence-electron chi connectivity index (χ2n) is 4.44. The highest BCUT2D eigenvalue weighted by atomic mass is 35.5. The van der Waals surface area contributed by atoms with Gasteiger partial charge in [-0.05, 0) is 17.7 Å². The molecular formula is C11H12Cl2N2O3S. The van der Waals surface area contributed by atoms with E-state index in [0.29, 0.717) is 16.6 Å². The molecule has 2 rings (SSSR count). The molecule has 8 heteroatoms. The first-order chi connectivity index (χ1) is 8.77. The van der Waals surface area contributed by atoms with Gasteiger partial charge >= 0.3 is 0 Å². The highest BCUT2D eigenvalue weighted by molar-refractivity contribution is 7.89. The predicted molar refractivity (Wildman–Crippen MR) is 73.4 cm³/mol. The molecule has 1 heterocycles. The summed E-state index contributed by atoms with van der Waals surface area (Å²) in [5.74, 6) is -0.231. The van der Waals surface area contributed by atoms with E-state index >= 15 is 0 Å². The number of carbonyl (C=O) groups is 1. The van der Waals surface area contributed by atoms with Gasteiger partial charge in [0.1, 0.15) is 5.25 Å². The molecule has 19 heavy (non-hydrogen) atoms. The Morgan fingerprint density at radius 1 is 1.32 bits per heavy atom. The Morgan fingerprint density at radius 3 is 2.53 bits per heavy atom. The van der Waals surface area contributed by atoms with Gasteiger partial charge in [-0.25, -0.2) is 13.6 Å². The summed E-state index contributed by atoms with van der Waals surface area (Å²) in [5.41, 5.74) is 0.790. The Labute approximate surface area is 121 Å². The summed E-state index contributed by atoms with van der Waals surface area (Å²) < 4.78 is 22.5. The third-order valence-corrected chi connectivity index (χ3v) is 4.99. The topological polar surface area (TPSA) is 80.5 Å². The van der Waals surface area contributed by atoms with Crippen LogP contribution in [0.3, 0.4) is 0 Å². The van der Waals surface area contributed by atoms with E-state index in [1.165, 1.54) is 4.90 Å². The Balaban J connectivity index is 2.12. The molecule has 1 aliphatic heterocycles. The number of hydrogen-bond acceptors (Lipinski definition) is 3. The second kappa shape index (κ2) is 5.28. The zero-order chi connectivity index (χ0) is 14.2. The zero-order valence-electron chi connectivity index (χ0n) is 9.84. The van der Waals surface area contributed by atoms with Crippen molar-refractivity contribution < 1.29 is 13.2 Å². The van der Waals surface area contributed by atoms with Gasteiger partial charge in [0.05, 0.1) is 10.0 Å². The van der Waals surface area contributed by atoms with Gasteiger partial charge in [-0.2, -0.15) is 0 Å². The molecule has 1 aromatic rings. The van der Waals surface area contributed by atoms with Crippen LogP contribution in [0, 0.1) is 0 Å². The molecule has 104 valence electrons. The molecule has 1 amide bonds. The van der Waals surface area contributed by atoms with Crippen LogP contribution in [0.1, 0.15) is 12.0 Å².